The minimum absolute atomic E-state index is 0.00189. The highest BCUT2D eigenvalue weighted by Gasteiger charge is 2.27. The van der Waals surface area contributed by atoms with E-state index in [2.05, 4.69) is 4.72 Å². The molecule has 10 heteroatoms. The molecule has 0 unspecified atom stereocenters. The molecule has 158 valence electrons. The second kappa shape index (κ2) is 7.88. The van der Waals surface area contributed by atoms with Crippen molar-refractivity contribution in [3.63, 3.8) is 0 Å². The minimum atomic E-state index is -4.05. The van der Waals surface area contributed by atoms with E-state index in [9.17, 15) is 21.9 Å². The number of phenolic OH excluding ortho intramolecular Hbond substituents is 1. The number of ether oxygens (including phenoxy) is 1. The van der Waals surface area contributed by atoms with Gasteiger partial charge in [0.2, 0.25) is 10.0 Å². The molecule has 2 N–H and O–H groups in total. The van der Waals surface area contributed by atoms with Gasteiger partial charge in [0.15, 0.2) is 0 Å². The molecule has 0 aromatic heterocycles. The van der Waals surface area contributed by atoms with Crippen molar-refractivity contribution in [3.05, 3.63) is 60.7 Å². The zero-order valence-corrected chi connectivity index (χ0v) is 17.5. The van der Waals surface area contributed by atoms with Crippen LogP contribution in [0.2, 0.25) is 0 Å². The van der Waals surface area contributed by atoms with E-state index >= 15 is 0 Å². The van der Waals surface area contributed by atoms with Crippen LogP contribution < -0.4 is 4.72 Å². The molecule has 0 atom stereocenters. The van der Waals surface area contributed by atoms with Gasteiger partial charge in [-0.3, -0.25) is 4.72 Å². The molecule has 1 heterocycles. The molecule has 1 saturated heterocycles. The van der Waals surface area contributed by atoms with Crippen LogP contribution in [-0.4, -0.2) is 52.6 Å². The number of rotatable bonds is 5. The standard InChI is InChI=1S/C20H20N2O6S2/c23-20-8-7-18(30(26,27)22-9-11-28-12-10-22)14-19(20)21-29(24,25)17-6-5-15-3-1-2-4-16(15)13-17/h1-8,13-14,21,23H,9-12H2. The summed E-state index contributed by atoms with van der Waals surface area (Å²) < 4.78 is 60.2. The lowest BCUT2D eigenvalue weighted by molar-refractivity contribution is 0.0730. The van der Waals surface area contributed by atoms with E-state index < -0.39 is 20.0 Å². The number of phenols is 1. The van der Waals surface area contributed by atoms with E-state index in [1.54, 1.807) is 18.2 Å². The molecule has 0 radical (unpaired) electrons. The molecule has 8 nitrogen and oxygen atoms in total. The van der Waals surface area contributed by atoms with Crippen molar-refractivity contribution < 1.29 is 26.7 Å². The van der Waals surface area contributed by atoms with Crippen molar-refractivity contribution >= 4 is 36.5 Å². The van der Waals surface area contributed by atoms with Gasteiger partial charge in [-0.2, -0.15) is 4.31 Å². The second-order valence-electron chi connectivity index (χ2n) is 6.81. The molecule has 3 aromatic carbocycles. The van der Waals surface area contributed by atoms with Crippen molar-refractivity contribution in [1.82, 2.24) is 4.31 Å². The first-order chi connectivity index (χ1) is 14.3. The number of hydrogen-bond acceptors (Lipinski definition) is 6. The van der Waals surface area contributed by atoms with Crippen molar-refractivity contribution in [2.24, 2.45) is 0 Å². The van der Waals surface area contributed by atoms with Crippen molar-refractivity contribution in [3.8, 4) is 5.75 Å². The lowest BCUT2D eigenvalue weighted by Crippen LogP contribution is -2.40. The summed E-state index contributed by atoms with van der Waals surface area (Å²) in [7, 11) is -7.90. The molecular weight excluding hydrogens is 428 g/mol. The average Bonchev–Trinajstić information content (AvgIpc) is 2.75. The lowest BCUT2D eigenvalue weighted by atomic mass is 10.1. The summed E-state index contributed by atoms with van der Waals surface area (Å²) >= 11 is 0. The molecule has 0 spiro atoms. The van der Waals surface area contributed by atoms with Crippen LogP contribution in [0.4, 0.5) is 5.69 Å². The van der Waals surface area contributed by atoms with Gasteiger partial charge in [0.25, 0.3) is 10.0 Å². The predicted molar refractivity (Wildman–Crippen MR) is 112 cm³/mol. The Balaban J connectivity index is 1.67. The fraction of sp³-hybridized carbons (Fsp3) is 0.200. The monoisotopic (exact) mass is 448 g/mol. The van der Waals surface area contributed by atoms with Gasteiger partial charge in [0.1, 0.15) is 5.75 Å². The van der Waals surface area contributed by atoms with E-state index in [1.165, 1.54) is 22.5 Å². The fourth-order valence-corrected chi connectivity index (χ4v) is 5.77. The maximum Gasteiger partial charge on any atom is 0.262 e. The molecule has 0 amide bonds. The molecular formula is C20H20N2O6S2. The highest BCUT2D eigenvalue weighted by Crippen LogP contribution is 2.30. The summed E-state index contributed by atoms with van der Waals surface area (Å²) in [6, 6.07) is 15.5. The topological polar surface area (TPSA) is 113 Å². The van der Waals surface area contributed by atoms with Crippen LogP contribution in [0.3, 0.4) is 0 Å². The molecule has 4 rings (SSSR count). The molecule has 1 aliphatic heterocycles. The molecule has 1 aliphatic rings. The molecule has 0 saturated carbocycles. The smallest absolute Gasteiger partial charge is 0.262 e. The molecule has 0 aliphatic carbocycles. The van der Waals surface area contributed by atoms with E-state index in [-0.39, 0.29) is 34.3 Å². The Morgan fingerprint density at radius 1 is 0.833 bits per heavy atom. The van der Waals surface area contributed by atoms with Crippen LogP contribution in [0.1, 0.15) is 0 Å². The number of benzene rings is 3. The number of morpholine rings is 1. The van der Waals surface area contributed by atoms with Crippen molar-refractivity contribution in [2.45, 2.75) is 9.79 Å². The van der Waals surface area contributed by atoms with Gasteiger partial charge >= 0.3 is 0 Å². The van der Waals surface area contributed by atoms with Crippen LogP contribution >= 0.6 is 0 Å². The number of nitrogens with one attached hydrogen (secondary N) is 1. The van der Waals surface area contributed by atoms with E-state index in [4.69, 9.17) is 4.74 Å². The van der Waals surface area contributed by atoms with E-state index in [0.29, 0.717) is 13.2 Å². The van der Waals surface area contributed by atoms with Gasteiger partial charge < -0.3 is 9.84 Å². The van der Waals surface area contributed by atoms with Gasteiger partial charge in [-0.15, -0.1) is 0 Å². The van der Waals surface area contributed by atoms with Crippen molar-refractivity contribution in [1.29, 1.82) is 0 Å². The number of nitrogens with zero attached hydrogens (tertiary/aromatic N) is 1. The van der Waals surface area contributed by atoms with Crippen LogP contribution in [0, 0.1) is 0 Å². The Morgan fingerprint density at radius 3 is 2.23 bits per heavy atom. The second-order valence-corrected chi connectivity index (χ2v) is 10.4. The van der Waals surface area contributed by atoms with Gasteiger partial charge in [0.05, 0.1) is 28.7 Å². The van der Waals surface area contributed by atoms with E-state index in [0.717, 1.165) is 22.9 Å². The number of sulfonamides is 2. The number of anilines is 1. The minimum Gasteiger partial charge on any atom is -0.506 e. The largest absolute Gasteiger partial charge is 0.506 e. The Labute approximate surface area is 174 Å². The first-order valence-corrected chi connectivity index (χ1v) is 12.1. The third-order valence-corrected chi connectivity index (χ3v) is 8.11. The fourth-order valence-electron chi connectivity index (χ4n) is 3.23. The molecule has 0 bridgehead atoms. The average molecular weight is 449 g/mol. The van der Waals surface area contributed by atoms with Gasteiger partial charge in [-0.25, -0.2) is 16.8 Å². The Bertz CT molecular complexity index is 1300. The zero-order chi connectivity index (χ0) is 21.4. The van der Waals surface area contributed by atoms with Gasteiger partial charge in [-0.05, 0) is 41.1 Å². The summed E-state index contributed by atoms with van der Waals surface area (Å²) in [6.45, 7) is 1.00. The van der Waals surface area contributed by atoms with Crippen molar-refractivity contribution in [2.75, 3.05) is 31.0 Å². The van der Waals surface area contributed by atoms with Gasteiger partial charge in [0, 0.05) is 13.1 Å². The maximum atomic E-state index is 12.9. The first-order valence-electron chi connectivity index (χ1n) is 9.20. The summed E-state index contributed by atoms with van der Waals surface area (Å²) in [6.07, 6.45) is 0. The van der Waals surface area contributed by atoms with Gasteiger partial charge in [-0.1, -0.05) is 30.3 Å². The normalized spacial score (nSPS) is 15.9. The summed E-state index contributed by atoms with van der Waals surface area (Å²) in [4.78, 5) is -0.111. The number of fused-ring (bicyclic) bond motifs is 1. The maximum absolute atomic E-state index is 12.9. The Kier molecular flexibility index (Phi) is 5.41. The summed E-state index contributed by atoms with van der Waals surface area (Å²) in [5.74, 6) is -0.375. The summed E-state index contributed by atoms with van der Waals surface area (Å²) in [5.41, 5.74) is -0.211. The molecule has 1 fully saturated rings. The van der Waals surface area contributed by atoms with E-state index in [1.807, 2.05) is 12.1 Å². The van der Waals surface area contributed by atoms with Crippen LogP contribution in [0.15, 0.2) is 70.5 Å². The molecule has 3 aromatic rings. The quantitative estimate of drug-likeness (QED) is 0.580. The third kappa shape index (κ3) is 3.99. The predicted octanol–water partition coefficient (Wildman–Crippen LogP) is 2.37. The molecule has 30 heavy (non-hydrogen) atoms. The number of hydrogen-bond donors (Lipinski definition) is 2. The number of aromatic hydroxyl groups is 1. The third-order valence-electron chi connectivity index (χ3n) is 4.85. The summed E-state index contributed by atoms with van der Waals surface area (Å²) in [5, 5.41) is 11.8. The van der Waals surface area contributed by atoms with Crippen LogP contribution in [0.5, 0.6) is 5.75 Å². The zero-order valence-electron chi connectivity index (χ0n) is 15.9. The first kappa shape index (κ1) is 20.6. The Hall–Kier alpha value is -2.66. The van der Waals surface area contributed by atoms with Crippen LogP contribution in [-0.2, 0) is 24.8 Å². The lowest BCUT2D eigenvalue weighted by Gasteiger charge is -2.26. The highest BCUT2D eigenvalue weighted by atomic mass is 32.2. The van der Waals surface area contributed by atoms with Crippen LogP contribution in [0.25, 0.3) is 10.8 Å². The Morgan fingerprint density at radius 2 is 1.50 bits per heavy atom. The highest BCUT2D eigenvalue weighted by molar-refractivity contribution is 7.92. The SMILES string of the molecule is O=S(=O)(Nc1cc(S(=O)(=O)N2CCOCC2)ccc1O)c1ccc2ccccc2c1.